The van der Waals surface area contributed by atoms with E-state index in [1.54, 1.807) is 13.0 Å². The van der Waals surface area contributed by atoms with Gasteiger partial charge in [0.25, 0.3) is 0 Å². The summed E-state index contributed by atoms with van der Waals surface area (Å²) < 4.78 is 9.28. The lowest BCUT2D eigenvalue weighted by atomic mass is 10.1. The summed E-state index contributed by atoms with van der Waals surface area (Å²) in [7, 11) is 1.31. The van der Waals surface area contributed by atoms with Crippen molar-refractivity contribution in [3.05, 3.63) is 11.6 Å². The average molecular weight is 228 g/mol. The Morgan fingerprint density at radius 2 is 1.94 bits per heavy atom. The zero-order valence-corrected chi connectivity index (χ0v) is 9.81. The molecule has 0 aromatic carbocycles. The highest BCUT2D eigenvalue weighted by molar-refractivity contribution is 5.87. The molecule has 2 atom stereocenters. The van der Waals surface area contributed by atoms with Gasteiger partial charge >= 0.3 is 12.1 Å². The molecule has 5 nitrogen and oxygen atoms in total. The Hall–Kier alpha value is -1.52. The number of carbonyl (C=O) groups excluding carboxylic acids is 1. The molecule has 16 heavy (non-hydrogen) atoms. The highest BCUT2D eigenvalue weighted by atomic mass is 16.7. The molecule has 1 aliphatic carbocycles. The molecule has 0 heterocycles. The Bertz CT molecular complexity index is 342. The van der Waals surface area contributed by atoms with Crippen molar-refractivity contribution in [3.63, 3.8) is 0 Å². The van der Waals surface area contributed by atoms with Crippen LogP contribution in [-0.2, 0) is 14.3 Å². The van der Waals surface area contributed by atoms with E-state index in [-0.39, 0.29) is 17.4 Å². The van der Waals surface area contributed by atoms with Gasteiger partial charge in [0.15, 0.2) is 0 Å². The third-order valence-electron chi connectivity index (χ3n) is 2.97. The van der Waals surface area contributed by atoms with Crippen LogP contribution in [0.5, 0.6) is 0 Å². The monoisotopic (exact) mass is 228 g/mol. The van der Waals surface area contributed by atoms with E-state index >= 15 is 0 Å². The lowest BCUT2D eigenvalue weighted by molar-refractivity contribution is -0.136. The molecule has 90 valence electrons. The summed E-state index contributed by atoms with van der Waals surface area (Å²) in [6.07, 6.45) is 0.0358. The second-order valence-electron chi connectivity index (χ2n) is 4.49. The van der Waals surface area contributed by atoms with Gasteiger partial charge in [0.05, 0.1) is 7.11 Å². The van der Waals surface area contributed by atoms with Crippen molar-refractivity contribution in [3.8, 4) is 0 Å². The smallest absolute Gasteiger partial charge is 0.466 e. The molecule has 1 fully saturated rings. The number of ether oxygens (including phenoxy) is 2. The van der Waals surface area contributed by atoms with E-state index in [1.807, 2.05) is 13.8 Å². The predicted octanol–water partition coefficient (Wildman–Crippen LogP) is 1.82. The molecule has 1 rings (SSSR count). The van der Waals surface area contributed by atoms with E-state index in [4.69, 9.17) is 9.84 Å². The van der Waals surface area contributed by atoms with Crippen molar-refractivity contribution < 1.29 is 24.2 Å². The van der Waals surface area contributed by atoms with Crippen molar-refractivity contribution in [2.75, 3.05) is 7.11 Å². The molecule has 0 aliphatic heterocycles. The standard InChI is InChI=1S/C11H16O5/c1-6(9(12)15-4)5-7-8(11(7,2)3)16-10(13)14/h5,7-8H,1-4H3,(H,13,14). The second-order valence-corrected chi connectivity index (χ2v) is 4.49. The van der Waals surface area contributed by atoms with Gasteiger partial charge in [-0.15, -0.1) is 0 Å². The maximum absolute atomic E-state index is 11.2. The van der Waals surface area contributed by atoms with Crippen LogP contribution in [0.25, 0.3) is 0 Å². The van der Waals surface area contributed by atoms with E-state index in [9.17, 15) is 9.59 Å². The van der Waals surface area contributed by atoms with Gasteiger partial charge in [-0.25, -0.2) is 9.59 Å². The molecule has 0 saturated heterocycles. The zero-order valence-electron chi connectivity index (χ0n) is 9.81. The maximum atomic E-state index is 11.2. The molecule has 5 heteroatoms. The van der Waals surface area contributed by atoms with Crippen LogP contribution in [0.3, 0.4) is 0 Å². The summed E-state index contributed by atoms with van der Waals surface area (Å²) in [5, 5.41) is 8.53. The second kappa shape index (κ2) is 4.15. The number of esters is 1. The minimum absolute atomic E-state index is 0.0669. The van der Waals surface area contributed by atoms with E-state index in [0.717, 1.165) is 0 Å². The zero-order chi connectivity index (χ0) is 12.5. The van der Waals surface area contributed by atoms with Crippen molar-refractivity contribution >= 4 is 12.1 Å². The van der Waals surface area contributed by atoms with Crippen LogP contribution in [0.1, 0.15) is 20.8 Å². The van der Waals surface area contributed by atoms with Crippen LogP contribution in [0.15, 0.2) is 11.6 Å². The van der Waals surface area contributed by atoms with E-state index in [0.29, 0.717) is 5.57 Å². The molecule has 1 aliphatic rings. The van der Waals surface area contributed by atoms with Gasteiger partial charge in [0, 0.05) is 16.9 Å². The number of rotatable bonds is 3. The lowest BCUT2D eigenvalue weighted by Crippen LogP contribution is -2.07. The largest absolute Gasteiger partial charge is 0.506 e. The summed E-state index contributed by atoms with van der Waals surface area (Å²) in [4.78, 5) is 21.6. The minimum Gasteiger partial charge on any atom is -0.466 e. The maximum Gasteiger partial charge on any atom is 0.506 e. The molecular weight excluding hydrogens is 212 g/mol. The molecule has 0 radical (unpaired) electrons. The Morgan fingerprint density at radius 3 is 2.38 bits per heavy atom. The molecule has 0 bridgehead atoms. The van der Waals surface area contributed by atoms with Gasteiger partial charge in [0.2, 0.25) is 0 Å². The third-order valence-corrected chi connectivity index (χ3v) is 2.97. The Morgan fingerprint density at radius 1 is 1.38 bits per heavy atom. The fraction of sp³-hybridized carbons (Fsp3) is 0.636. The van der Waals surface area contributed by atoms with E-state index in [1.165, 1.54) is 7.11 Å². The normalized spacial score (nSPS) is 27.1. The first-order chi connectivity index (χ1) is 7.30. The summed E-state index contributed by atoms with van der Waals surface area (Å²) in [6.45, 7) is 5.43. The fourth-order valence-electron chi connectivity index (χ4n) is 1.76. The first kappa shape index (κ1) is 12.5. The lowest BCUT2D eigenvalue weighted by Gasteiger charge is -1.99. The van der Waals surface area contributed by atoms with Gasteiger partial charge in [-0.1, -0.05) is 19.9 Å². The molecule has 1 N–H and O–H groups in total. The molecule has 1 saturated carbocycles. The first-order valence-corrected chi connectivity index (χ1v) is 4.97. The van der Waals surface area contributed by atoms with Crippen molar-refractivity contribution in [2.45, 2.75) is 26.9 Å². The quantitative estimate of drug-likeness (QED) is 0.589. The number of carboxylic acid groups (broad SMARTS) is 1. The number of hydrogen-bond donors (Lipinski definition) is 1. The van der Waals surface area contributed by atoms with Gasteiger partial charge in [-0.3, -0.25) is 0 Å². The summed E-state index contributed by atoms with van der Waals surface area (Å²) in [5.74, 6) is -0.473. The summed E-state index contributed by atoms with van der Waals surface area (Å²) in [5.41, 5.74) is 0.213. The van der Waals surface area contributed by atoms with Crippen molar-refractivity contribution in [2.24, 2.45) is 11.3 Å². The van der Waals surface area contributed by atoms with Gasteiger partial charge < -0.3 is 14.6 Å². The fourth-order valence-corrected chi connectivity index (χ4v) is 1.76. The third kappa shape index (κ3) is 2.35. The van der Waals surface area contributed by atoms with Gasteiger partial charge in [-0.2, -0.15) is 0 Å². The number of carbonyl (C=O) groups is 2. The Kier molecular flexibility index (Phi) is 3.26. The predicted molar refractivity (Wildman–Crippen MR) is 55.9 cm³/mol. The summed E-state index contributed by atoms with van der Waals surface area (Å²) in [6, 6.07) is 0. The van der Waals surface area contributed by atoms with Crippen LogP contribution in [0, 0.1) is 11.3 Å². The highest BCUT2D eigenvalue weighted by Crippen LogP contribution is 2.55. The highest BCUT2D eigenvalue weighted by Gasteiger charge is 2.60. The number of methoxy groups -OCH3 is 1. The van der Waals surface area contributed by atoms with Crippen LogP contribution < -0.4 is 0 Å². The van der Waals surface area contributed by atoms with E-state index < -0.39 is 12.1 Å². The SMILES string of the molecule is COC(=O)C(C)=CC1C(OC(=O)O)C1(C)C. The van der Waals surface area contributed by atoms with Gasteiger partial charge in [0.1, 0.15) is 6.10 Å². The van der Waals surface area contributed by atoms with Crippen LogP contribution >= 0.6 is 0 Å². The minimum atomic E-state index is -1.29. The average Bonchev–Trinajstić information content (AvgIpc) is 2.67. The Balaban J connectivity index is 2.70. The van der Waals surface area contributed by atoms with Crippen LogP contribution in [-0.4, -0.2) is 30.4 Å². The molecular formula is C11H16O5. The van der Waals surface area contributed by atoms with Crippen LogP contribution in [0.4, 0.5) is 4.79 Å². The number of hydrogen-bond acceptors (Lipinski definition) is 4. The van der Waals surface area contributed by atoms with E-state index in [2.05, 4.69) is 4.74 Å². The first-order valence-electron chi connectivity index (χ1n) is 4.97. The van der Waals surface area contributed by atoms with Crippen LogP contribution in [0.2, 0.25) is 0 Å². The van der Waals surface area contributed by atoms with Crippen molar-refractivity contribution in [1.29, 1.82) is 0 Å². The summed E-state index contributed by atoms with van der Waals surface area (Å²) >= 11 is 0. The molecule has 0 aromatic heterocycles. The molecule has 0 aromatic rings. The molecule has 0 amide bonds. The van der Waals surface area contributed by atoms with Crippen molar-refractivity contribution in [1.82, 2.24) is 0 Å². The molecule has 2 unspecified atom stereocenters. The Labute approximate surface area is 94.0 Å². The van der Waals surface area contributed by atoms with Gasteiger partial charge in [-0.05, 0) is 6.92 Å². The topological polar surface area (TPSA) is 72.8 Å². The molecule has 0 spiro atoms.